The first-order chi connectivity index (χ1) is 19.1. The van der Waals surface area contributed by atoms with Gasteiger partial charge in [-0.2, -0.15) is 4.68 Å². The first-order valence-electron chi connectivity index (χ1n) is 12.4. The molecule has 1 unspecified atom stereocenters. The van der Waals surface area contributed by atoms with Crippen LogP contribution in [-0.2, 0) is 16.0 Å². The molecule has 4 aromatic rings. The summed E-state index contributed by atoms with van der Waals surface area (Å²) in [5.74, 6) is -1.85. The molecule has 2 N–H and O–H groups in total. The van der Waals surface area contributed by atoms with Gasteiger partial charge in [0.1, 0.15) is 12.4 Å². The molecule has 0 spiro atoms. The summed E-state index contributed by atoms with van der Waals surface area (Å²) in [7, 11) is 0. The molecule has 1 atom stereocenters. The second-order valence-corrected chi connectivity index (χ2v) is 10.4. The molecule has 2 heterocycles. The van der Waals surface area contributed by atoms with Crippen LogP contribution in [0.25, 0.3) is 11.8 Å². The smallest absolute Gasteiger partial charge is 0.335 e. The number of halogens is 1. The van der Waals surface area contributed by atoms with E-state index in [2.05, 4.69) is 20.8 Å². The number of rotatable bonds is 6. The number of anilines is 1. The SMILES string of the molecule is CC1(C)Cc2ccccc2C(C(=O)Nc2ccc(C(=O)O)cc2)N1C(=O)/C=C/c1cc(Cl)ccc1-n1cnnn1. The molecule has 202 valence electrons. The van der Waals surface area contributed by atoms with Gasteiger partial charge in [-0.15, -0.1) is 5.10 Å². The molecule has 5 rings (SSSR count). The zero-order chi connectivity index (χ0) is 28.4. The lowest BCUT2D eigenvalue weighted by Gasteiger charge is -2.47. The van der Waals surface area contributed by atoms with Crippen LogP contribution in [0.4, 0.5) is 5.69 Å². The van der Waals surface area contributed by atoms with Gasteiger partial charge in [0.15, 0.2) is 0 Å². The number of nitrogens with one attached hydrogen (secondary N) is 1. The standard InChI is InChI=1S/C29H25ClN6O4/c1-29(2)16-20-5-3-4-6-23(20)26(27(38)32-22-11-7-18(8-12-22)28(39)40)36(29)25(37)14-9-19-15-21(30)10-13-24(19)35-17-31-33-34-35/h3-15,17,26H,16H2,1-2H3,(H,32,38)(H,39,40)/b14-9+. The molecule has 1 aliphatic heterocycles. The van der Waals surface area contributed by atoms with Crippen LogP contribution in [0.5, 0.6) is 0 Å². The first-order valence-corrected chi connectivity index (χ1v) is 12.8. The second kappa shape index (κ2) is 10.7. The summed E-state index contributed by atoms with van der Waals surface area (Å²) in [6.07, 6.45) is 5.03. The number of benzene rings is 3. The predicted molar refractivity (Wildman–Crippen MR) is 149 cm³/mol. The van der Waals surface area contributed by atoms with Crippen LogP contribution in [0.2, 0.25) is 5.02 Å². The van der Waals surface area contributed by atoms with Crippen LogP contribution in [0.15, 0.2) is 79.1 Å². The average molecular weight is 557 g/mol. The second-order valence-electron chi connectivity index (χ2n) is 9.96. The molecule has 0 bridgehead atoms. The molecule has 40 heavy (non-hydrogen) atoms. The maximum Gasteiger partial charge on any atom is 0.335 e. The minimum Gasteiger partial charge on any atom is -0.478 e. The fraction of sp³-hybridized carbons (Fsp3) is 0.172. The van der Waals surface area contributed by atoms with Gasteiger partial charge in [0.05, 0.1) is 11.3 Å². The topological polar surface area (TPSA) is 130 Å². The Balaban J connectivity index is 1.50. The van der Waals surface area contributed by atoms with Gasteiger partial charge in [-0.1, -0.05) is 35.9 Å². The monoisotopic (exact) mass is 556 g/mol. The van der Waals surface area contributed by atoms with E-state index in [9.17, 15) is 19.5 Å². The molecular weight excluding hydrogens is 532 g/mol. The third-order valence-corrected chi connectivity index (χ3v) is 6.99. The number of aromatic nitrogens is 4. The Morgan fingerprint density at radius 2 is 1.82 bits per heavy atom. The average Bonchev–Trinajstić information content (AvgIpc) is 3.45. The maximum atomic E-state index is 13.9. The molecule has 0 saturated carbocycles. The van der Waals surface area contributed by atoms with Gasteiger partial charge in [-0.3, -0.25) is 9.59 Å². The van der Waals surface area contributed by atoms with Gasteiger partial charge in [0.2, 0.25) is 5.91 Å². The molecule has 0 aliphatic carbocycles. The van der Waals surface area contributed by atoms with Crippen LogP contribution >= 0.6 is 11.6 Å². The van der Waals surface area contributed by atoms with Crippen LogP contribution in [0.1, 0.15) is 46.9 Å². The summed E-state index contributed by atoms with van der Waals surface area (Å²) in [5, 5.41) is 23.8. The summed E-state index contributed by atoms with van der Waals surface area (Å²) in [5.41, 5.74) is 2.74. The van der Waals surface area contributed by atoms with Crippen molar-refractivity contribution < 1.29 is 19.5 Å². The number of carbonyl (C=O) groups is 3. The fourth-order valence-corrected chi connectivity index (χ4v) is 5.15. The van der Waals surface area contributed by atoms with E-state index in [1.165, 1.54) is 41.4 Å². The highest BCUT2D eigenvalue weighted by atomic mass is 35.5. The predicted octanol–water partition coefficient (Wildman–Crippen LogP) is 4.57. The van der Waals surface area contributed by atoms with Crippen molar-refractivity contribution in [1.29, 1.82) is 0 Å². The van der Waals surface area contributed by atoms with Crippen LogP contribution in [0, 0.1) is 0 Å². The van der Waals surface area contributed by atoms with E-state index in [1.54, 1.807) is 29.2 Å². The summed E-state index contributed by atoms with van der Waals surface area (Å²) in [6, 6.07) is 17.6. The third-order valence-electron chi connectivity index (χ3n) is 6.76. The number of carboxylic acids is 1. The van der Waals surface area contributed by atoms with Gasteiger partial charge >= 0.3 is 5.97 Å². The van der Waals surface area contributed by atoms with E-state index in [4.69, 9.17) is 11.6 Å². The highest BCUT2D eigenvalue weighted by Crippen LogP contribution is 2.40. The minimum absolute atomic E-state index is 0.103. The molecule has 11 heteroatoms. The number of carboxylic acid groups (broad SMARTS) is 1. The van der Waals surface area contributed by atoms with Crippen molar-refractivity contribution in [2.45, 2.75) is 31.8 Å². The summed E-state index contributed by atoms with van der Waals surface area (Å²) in [6.45, 7) is 3.84. The molecule has 2 amide bonds. The number of nitrogens with zero attached hydrogens (tertiary/aromatic N) is 5. The van der Waals surface area contributed by atoms with E-state index in [0.29, 0.717) is 28.4 Å². The highest BCUT2D eigenvalue weighted by molar-refractivity contribution is 6.30. The Kier molecular flexibility index (Phi) is 7.19. The number of carbonyl (C=O) groups excluding carboxylic acids is 2. The first kappa shape index (κ1) is 26.8. The maximum absolute atomic E-state index is 13.9. The van der Waals surface area contributed by atoms with E-state index in [1.807, 2.05) is 38.1 Å². The third kappa shape index (κ3) is 5.34. The highest BCUT2D eigenvalue weighted by Gasteiger charge is 2.44. The summed E-state index contributed by atoms with van der Waals surface area (Å²) in [4.78, 5) is 40.5. The summed E-state index contributed by atoms with van der Waals surface area (Å²) >= 11 is 6.24. The zero-order valence-electron chi connectivity index (χ0n) is 21.7. The Labute approximate surface area is 234 Å². The minimum atomic E-state index is -1.06. The van der Waals surface area contributed by atoms with Crippen molar-refractivity contribution in [1.82, 2.24) is 25.1 Å². The molecule has 1 aromatic heterocycles. The van der Waals surface area contributed by atoms with Crippen LogP contribution < -0.4 is 5.32 Å². The van der Waals surface area contributed by atoms with Crippen molar-refractivity contribution in [2.24, 2.45) is 0 Å². The van der Waals surface area contributed by atoms with Gasteiger partial charge in [0.25, 0.3) is 5.91 Å². The van der Waals surface area contributed by atoms with Crippen molar-refractivity contribution in [3.8, 4) is 5.69 Å². The number of fused-ring (bicyclic) bond motifs is 1. The van der Waals surface area contributed by atoms with Gasteiger partial charge < -0.3 is 15.3 Å². The Morgan fingerprint density at radius 1 is 1.07 bits per heavy atom. The number of hydrogen-bond acceptors (Lipinski definition) is 6. The summed E-state index contributed by atoms with van der Waals surface area (Å²) < 4.78 is 1.47. The number of tetrazole rings is 1. The van der Waals surface area contributed by atoms with Gasteiger partial charge in [-0.25, -0.2) is 4.79 Å². The Hall–Kier alpha value is -4.83. The lowest BCUT2D eigenvalue weighted by atomic mass is 9.80. The Morgan fingerprint density at radius 3 is 2.52 bits per heavy atom. The quantitative estimate of drug-likeness (QED) is 0.333. The largest absolute Gasteiger partial charge is 0.478 e. The fourth-order valence-electron chi connectivity index (χ4n) is 4.97. The van der Waals surface area contributed by atoms with E-state index in [-0.39, 0.29) is 11.5 Å². The number of amides is 2. The lowest BCUT2D eigenvalue weighted by molar-refractivity contribution is -0.142. The number of aromatic carboxylic acids is 1. The van der Waals surface area contributed by atoms with Crippen LogP contribution in [-0.4, -0.2) is 53.5 Å². The molecular formula is C29H25ClN6O4. The van der Waals surface area contributed by atoms with Gasteiger partial charge in [0, 0.05) is 27.9 Å². The molecule has 0 fully saturated rings. The van der Waals surface area contributed by atoms with Crippen molar-refractivity contribution >= 4 is 41.1 Å². The molecule has 0 saturated heterocycles. The van der Waals surface area contributed by atoms with Crippen molar-refractivity contribution in [3.63, 3.8) is 0 Å². The van der Waals surface area contributed by atoms with Crippen LogP contribution in [0.3, 0.4) is 0 Å². The van der Waals surface area contributed by atoms with E-state index >= 15 is 0 Å². The van der Waals surface area contributed by atoms with Gasteiger partial charge in [-0.05, 0) is 90.4 Å². The molecule has 1 aliphatic rings. The Bertz CT molecular complexity index is 1620. The molecule has 3 aromatic carbocycles. The van der Waals surface area contributed by atoms with E-state index < -0.39 is 23.5 Å². The number of hydrogen-bond donors (Lipinski definition) is 2. The zero-order valence-corrected chi connectivity index (χ0v) is 22.4. The molecule has 10 nitrogen and oxygen atoms in total. The molecule has 0 radical (unpaired) electrons. The van der Waals surface area contributed by atoms with Crippen molar-refractivity contribution in [3.05, 3.63) is 106 Å². The van der Waals surface area contributed by atoms with Crippen molar-refractivity contribution in [2.75, 3.05) is 5.32 Å². The lowest BCUT2D eigenvalue weighted by Crippen LogP contribution is -2.56. The van der Waals surface area contributed by atoms with E-state index in [0.717, 1.165) is 11.1 Å². The normalized spacial score (nSPS) is 16.0.